The van der Waals surface area contributed by atoms with Crippen LogP contribution >= 0.6 is 11.6 Å². The number of nitrogens with zero attached hydrogens (tertiary/aromatic N) is 1. The lowest BCUT2D eigenvalue weighted by atomic mass is 9.96. The van der Waals surface area contributed by atoms with E-state index in [1.807, 2.05) is 23.1 Å². The van der Waals surface area contributed by atoms with Crippen LogP contribution in [0.4, 0.5) is 0 Å². The number of piperidine rings is 1. The van der Waals surface area contributed by atoms with Gasteiger partial charge in [0.05, 0.1) is 6.54 Å². The topological polar surface area (TPSA) is 75.4 Å². The normalized spacial score (nSPS) is 16.6. The van der Waals surface area contributed by atoms with Crippen molar-refractivity contribution in [3.63, 3.8) is 0 Å². The summed E-state index contributed by atoms with van der Waals surface area (Å²) in [7, 11) is 0. The van der Waals surface area contributed by atoms with Gasteiger partial charge in [0.25, 0.3) is 0 Å². The third-order valence-corrected chi connectivity index (χ3v) is 3.97. The van der Waals surface area contributed by atoms with Crippen LogP contribution in [0.2, 0.25) is 5.02 Å². The minimum atomic E-state index is -0.236. The molecule has 5 nitrogen and oxygen atoms in total. The van der Waals surface area contributed by atoms with E-state index >= 15 is 0 Å². The molecular weight excluding hydrogens is 290 g/mol. The fourth-order valence-electron chi connectivity index (χ4n) is 2.48. The van der Waals surface area contributed by atoms with Crippen LogP contribution in [0.15, 0.2) is 24.3 Å². The molecule has 2 amide bonds. The van der Waals surface area contributed by atoms with E-state index < -0.39 is 0 Å². The molecule has 0 bridgehead atoms. The van der Waals surface area contributed by atoms with Crippen molar-refractivity contribution in [3.05, 3.63) is 34.9 Å². The van der Waals surface area contributed by atoms with E-state index in [2.05, 4.69) is 5.32 Å². The number of rotatable bonds is 5. The van der Waals surface area contributed by atoms with Gasteiger partial charge >= 0.3 is 0 Å². The van der Waals surface area contributed by atoms with Gasteiger partial charge in [-0.05, 0) is 43.6 Å². The first-order valence-electron chi connectivity index (χ1n) is 7.07. The third kappa shape index (κ3) is 5.02. The minimum absolute atomic E-state index is 0.0208. The summed E-state index contributed by atoms with van der Waals surface area (Å²) in [5, 5.41) is 3.54. The molecule has 0 aromatic heterocycles. The summed E-state index contributed by atoms with van der Waals surface area (Å²) < 4.78 is 0. The van der Waals surface area contributed by atoms with Crippen molar-refractivity contribution < 1.29 is 9.59 Å². The number of carbonyl (C=O) groups is 2. The molecule has 2 rings (SSSR count). The molecule has 1 aliphatic rings. The van der Waals surface area contributed by atoms with Crippen molar-refractivity contribution in [1.29, 1.82) is 0 Å². The van der Waals surface area contributed by atoms with E-state index in [4.69, 9.17) is 17.3 Å². The van der Waals surface area contributed by atoms with Gasteiger partial charge in [0.1, 0.15) is 0 Å². The first-order chi connectivity index (χ1) is 10.0. The second-order valence-electron chi connectivity index (χ2n) is 5.36. The van der Waals surface area contributed by atoms with E-state index in [-0.39, 0.29) is 17.7 Å². The Hall–Kier alpha value is -1.59. The molecule has 1 aromatic carbocycles. The molecule has 0 aliphatic carbocycles. The zero-order chi connectivity index (χ0) is 15.2. The second-order valence-corrected chi connectivity index (χ2v) is 5.80. The Bertz CT molecular complexity index is 513. The van der Waals surface area contributed by atoms with Crippen molar-refractivity contribution in [1.82, 2.24) is 10.2 Å². The molecule has 0 saturated carbocycles. The number of nitrogens with one attached hydrogen (secondary N) is 1. The van der Waals surface area contributed by atoms with Gasteiger partial charge in [-0.1, -0.05) is 23.7 Å². The average molecular weight is 310 g/mol. The quantitative estimate of drug-likeness (QED) is 0.857. The molecule has 1 aromatic rings. The zero-order valence-corrected chi connectivity index (χ0v) is 12.6. The van der Waals surface area contributed by atoms with E-state index in [1.54, 1.807) is 6.07 Å². The molecule has 1 fully saturated rings. The maximum absolute atomic E-state index is 11.9. The third-order valence-electron chi connectivity index (χ3n) is 3.74. The molecule has 1 heterocycles. The summed E-state index contributed by atoms with van der Waals surface area (Å²) in [6.07, 6.45) is 1.47. The van der Waals surface area contributed by atoms with E-state index in [1.165, 1.54) is 0 Å². The van der Waals surface area contributed by atoms with Crippen LogP contribution < -0.4 is 11.1 Å². The lowest BCUT2D eigenvalue weighted by Gasteiger charge is -2.29. The number of halogens is 1. The maximum Gasteiger partial charge on any atom is 0.234 e. The second kappa shape index (κ2) is 7.43. The fourth-order valence-corrected chi connectivity index (χ4v) is 2.70. The predicted octanol–water partition coefficient (Wildman–Crippen LogP) is 1.15. The van der Waals surface area contributed by atoms with Crippen LogP contribution in [0.1, 0.15) is 18.4 Å². The highest BCUT2D eigenvalue weighted by Gasteiger charge is 2.23. The largest absolute Gasteiger partial charge is 0.369 e. The number of amides is 2. The average Bonchev–Trinajstić information content (AvgIpc) is 2.46. The van der Waals surface area contributed by atoms with Gasteiger partial charge in [0, 0.05) is 17.5 Å². The Balaban J connectivity index is 1.72. The highest BCUT2D eigenvalue weighted by molar-refractivity contribution is 6.30. The molecular formula is C15H20ClN3O2. The van der Waals surface area contributed by atoms with Crippen molar-refractivity contribution >= 4 is 23.4 Å². The van der Waals surface area contributed by atoms with Crippen LogP contribution in [-0.2, 0) is 16.1 Å². The molecule has 0 unspecified atom stereocenters. The lowest BCUT2D eigenvalue weighted by Crippen LogP contribution is -2.43. The standard InChI is InChI=1S/C15H20ClN3O2/c16-13-3-1-2-11(8-13)9-18-14(20)10-19-6-4-12(5-7-19)15(17)21/h1-3,8,12H,4-7,9-10H2,(H2,17,21)(H,18,20). The number of nitrogens with two attached hydrogens (primary N) is 1. The van der Waals surface area contributed by atoms with Crippen molar-refractivity contribution in [2.24, 2.45) is 11.7 Å². The molecule has 21 heavy (non-hydrogen) atoms. The van der Waals surface area contributed by atoms with Crippen molar-refractivity contribution in [2.75, 3.05) is 19.6 Å². The SMILES string of the molecule is NC(=O)C1CCN(CC(=O)NCc2cccc(Cl)c2)CC1. The highest BCUT2D eigenvalue weighted by atomic mass is 35.5. The molecule has 1 saturated heterocycles. The van der Waals surface area contributed by atoms with Crippen LogP contribution in [0.25, 0.3) is 0 Å². The van der Waals surface area contributed by atoms with Crippen molar-refractivity contribution in [2.45, 2.75) is 19.4 Å². The molecule has 0 radical (unpaired) electrons. The number of hydrogen-bond donors (Lipinski definition) is 2. The maximum atomic E-state index is 11.9. The van der Waals surface area contributed by atoms with E-state index in [0.29, 0.717) is 18.1 Å². The van der Waals surface area contributed by atoms with Gasteiger partial charge in [-0.3, -0.25) is 14.5 Å². The van der Waals surface area contributed by atoms with Crippen LogP contribution in [-0.4, -0.2) is 36.3 Å². The molecule has 6 heteroatoms. The zero-order valence-electron chi connectivity index (χ0n) is 11.8. The first-order valence-corrected chi connectivity index (χ1v) is 7.45. The number of benzene rings is 1. The van der Waals surface area contributed by atoms with Gasteiger partial charge in [-0.15, -0.1) is 0 Å². The van der Waals surface area contributed by atoms with Gasteiger partial charge in [-0.2, -0.15) is 0 Å². The molecule has 0 atom stereocenters. The van der Waals surface area contributed by atoms with Crippen LogP contribution in [0.5, 0.6) is 0 Å². The summed E-state index contributed by atoms with van der Waals surface area (Å²) in [5.41, 5.74) is 6.27. The summed E-state index contributed by atoms with van der Waals surface area (Å²) >= 11 is 5.90. The monoisotopic (exact) mass is 309 g/mol. The number of primary amides is 1. The molecule has 0 spiro atoms. The predicted molar refractivity (Wildman–Crippen MR) is 81.7 cm³/mol. The van der Waals surface area contributed by atoms with Crippen LogP contribution in [0, 0.1) is 5.92 Å². The Kier molecular flexibility index (Phi) is 5.59. The van der Waals surface area contributed by atoms with E-state index in [9.17, 15) is 9.59 Å². The summed E-state index contributed by atoms with van der Waals surface area (Å²) in [5.74, 6) is -0.302. The Morgan fingerprint density at radius 1 is 1.33 bits per heavy atom. The van der Waals surface area contributed by atoms with Gasteiger partial charge < -0.3 is 11.1 Å². The van der Waals surface area contributed by atoms with Crippen LogP contribution in [0.3, 0.4) is 0 Å². The smallest absolute Gasteiger partial charge is 0.234 e. The van der Waals surface area contributed by atoms with E-state index in [0.717, 1.165) is 31.5 Å². The molecule has 1 aliphatic heterocycles. The Labute approximate surface area is 129 Å². The fraction of sp³-hybridized carbons (Fsp3) is 0.467. The van der Waals surface area contributed by atoms with Crippen molar-refractivity contribution in [3.8, 4) is 0 Å². The lowest BCUT2D eigenvalue weighted by molar-refractivity contribution is -0.124. The Morgan fingerprint density at radius 3 is 2.67 bits per heavy atom. The Morgan fingerprint density at radius 2 is 2.05 bits per heavy atom. The van der Waals surface area contributed by atoms with Gasteiger partial charge in [0.15, 0.2) is 0 Å². The number of likely N-dealkylation sites (tertiary alicyclic amines) is 1. The van der Waals surface area contributed by atoms with Gasteiger partial charge in [0.2, 0.25) is 11.8 Å². The number of hydrogen-bond acceptors (Lipinski definition) is 3. The summed E-state index contributed by atoms with van der Waals surface area (Å²) in [6, 6.07) is 7.42. The molecule has 3 N–H and O–H groups in total. The molecule has 114 valence electrons. The first kappa shape index (κ1) is 15.8. The number of carbonyl (C=O) groups excluding carboxylic acids is 2. The van der Waals surface area contributed by atoms with Gasteiger partial charge in [-0.25, -0.2) is 0 Å². The highest BCUT2D eigenvalue weighted by Crippen LogP contribution is 2.16. The summed E-state index contributed by atoms with van der Waals surface area (Å²) in [6.45, 7) is 2.29. The summed E-state index contributed by atoms with van der Waals surface area (Å²) in [4.78, 5) is 25.0. The minimum Gasteiger partial charge on any atom is -0.369 e.